The van der Waals surface area contributed by atoms with E-state index >= 15 is 0 Å². The Bertz CT molecular complexity index is 533. The fourth-order valence-corrected chi connectivity index (χ4v) is 2.19. The molecule has 96 valence electrons. The first kappa shape index (κ1) is 14.5. The van der Waals surface area contributed by atoms with Crippen molar-refractivity contribution in [2.75, 3.05) is 0 Å². The fraction of sp³-hybridized carbons (Fsp3) is 0.333. The van der Waals surface area contributed by atoms with Crippen molar-refractivity contribution < 1.29 is 0 Å². The van der Waals surface area contributed by atoms with Gasteiger partial charge in [0.15, 0.2) is 0 Å². The van der Waals surface area contributed by atoms with E-state index in [1.165, 1.54) is 27.5 Å². The lowest BCUT2D eigenvalue weighted by Crippen LogP contribution is -1.88. The largest absolute Gasteiger partial charge is 0.0871 e. The minimum Gasteiger partial charge on any atom is -0.0871 e. The molecule has 0 aliphatic carbocycles. The molecule has 0 amide bonds. The molecular weight excluding hydrogens is 216 g/mol. The van der Waals surface area contributed by atoms with E-state index in [0.717, 1.165) is 6.42 Å². The Morgan fingerprint density at radius 3 is 2.44 bits per heavy atom. The zero-order valence-corrected chi connectivity index (χ0v) is 12.2. The predicted octanol–water partition coefficient (Wildman–Crippen LogP) is 5.77. The average Bonchev–Trinajstić information content (AvgIpc) is 2.41. The molecule has 0 bridgehead atoms. The van der Waals surface area contributed by atoms with Gasteiger partial charge in [-0.15, -0.1) is 0 Å². The Morgan fingerprint density at radius 1 is 1.11 bits per heavy atom. The van der Waals surface area contributed by atoms with E-state index in [9.17, 15) is 0 Å². The van der Waals surface area contributed by atoms with Crippen molar-refractivity contribution in [3.05, 3.63) is 53.1 Å². The molecule has 2 rings (SSSR count). The van der Waals surface area contributed by atoms with Gasteiger partial charge < -0.3 is 0 Å². The summed E-state index contributed by atoms with van der Waals surface area (Å²) >= 11 is 0. The smallest absolute Gasteiger partial charge is 0.0152 e. The molecule has 0 unspecified atom stereocenters. The van der Waals surface area contributed by atoms with Gasteiger partial charge in [0, 0.05) is 0 Å². The molecule has 0 heteroatoms. The SMILES string of the molecule is C/C=C\c1cc2cccc(C)c2cc1CC.CC. The molecule has 0 N–H and O–H groups in total. The van der Waals surface area contributed by atoms with Crippen molar-refractivity contribution >= 4 is 16.8 Å². The van der Waals surface area contributed by atoms with Gasteiger partial charge >= 0.3 is 0 Å². The molecule has 0 aromatic heterocycles. The number of hydrogen-bond acceptors (Lipinski definition) is 0. The van der Waals surface area contributed by atoms with Crippen LogP contribution in [0.2, 0.25) is 0 Å². The maximum absolute atomic E-state index is 2.33. The summed E-state index contributed by atoms with van der Waals surface area (Å²) in [5.74, 6) is 0. The maximum Gasteiger partial charge on any atom is -0.0152 e. The van der Waals surface area contributed by atoms with Crippen LogP contribution in [0.4, 0.5) is 0 Å². The molecule has 0 atom stereocenters. The summed E-state index contributed by atoms with van der Waals surface area (Å²) in [4.78, 5) is 0. The highest BCUT2D eigenvalue weighted by Crippen LogP contribution is 2.24. The minimum absolute atomic E-state index is 1.09. The molecule has 0 spiro atoms. The molecule has 0 aliphatic rings. The van der Waals surface area contributed by atoms with Crippen molar-refractivity contribution in [1.29, 1.82) is 0 Å². The van der Waals surface area contributed by atoms with E-state index in [1.54, 1.807) is 0 Å². The first-order valence-corrected chi connectivity index (χ1v) is 6.91. The summed E-state index contributed by atoms with van der Waals surface area (Å²) in [5, 5.41) is 2.72. The molecule has 0 aliphatic heterocycles. The minimum atomic E-state index is 1.09. The normalized spacial score (nSPS) is 10.5. The standard InChI is InChI=1S/C16H18.C2H6/c1-4-7-14-10-15-9-6-8-12(3)16(15)11-13(14)5-2;1-2/h4,6-11H,5H2,1-3H3;1-2H3/b7-4-;. The Kier molecular flexibility index (Phi) is 5.64. The molecule has 2 aromatic carbocycles. The van der Waals surface area contributed by atoms with Gasteiger partial charge in [0.05, 0.1) is 0 Å². The van der Waals surface area contributed by atoms with E-state index in [1.807, 2.05) is 13.8 Å². The summed E-state index contributed by atoms with van der Waals surface area (Å²) in [5.41, 5.74) is 4.14. The second kappa shape index (κ2) is 7.00. The van der Waals surface area contributed by atoms with Crippen LogP contribution in [0, 0.1) is 6.92 Å². The molecule has 0 saturated heterocycles. The average molecular weight is 240 g/mol. The summed E-state index contributed by atoms with van der Waals surface area (Å²) in [6, 6.07) is 11.1. The topological polar surface area (TPSA) is 0 Å². The first-order valence-electron chi connectivity index (χ1n) is 6.91. The maximum atomic E-state index is 2.33. The van der Waals surface area contributed by atoms with E-state index in [0.29, 0.717) is 0 Å². The lowest BCUT2D eigenvalue weighted by atomic mass is 9.96. The van der Waals surface area contributed by atoms with Crippen LogP contribution in [-0.2, 0) is 6.42 Å². The zero-order chi connectivity index (χ0) is 13.5. The predicted molar refractivity (Wildman–Crippen MR) is 84.1 cm³/mol. The van der Waals surface area contributed by atoms with Crippen molar-refractivity contribution in [2.24, 2.45) is 0 Å². The fourth-order valence-electron chi connectivity index (χ4n) is 2.19. The number of rotatable bonds is 2. The van der Waals surface area contributed by atoms with Gasteiger partial charge in [-0.1, -0.05) is 57.2 Å². The number of allylic oxidation sites excluding steroid dienone is 1. The van der Waals surface area contributed by atoms with Crippen LogP contribution in [0.15, 0.2) is 36.4 Å². The third-order valence-corrected chi connectivity index (χ3v) is 3.09. The van der Waals surface area contributed by atoms with Crippen LogP contribution < -0.4 is 0 Å². The molecule has 0 fully saturated rings. The number of benzene rings is 2. The second-order valence-electron chi connectivity index (χ2n) is 4.20. The van der Waals surface area contributed by atoms with Gasteiger partial charge in [0.25, 0.3) is 0 Å². The van der Waals surface area contributed by atoms with Crippen molar-refractivity contribution in [2.45, 2.75) is 41.0 Å². The van der Waals surface area contributed by atoms with Crippen LogP contribution in [0.3, 0.4) is 0 Å². The van der Waals surface area contributed by atoms with Crippen LogP contribution in [0.5, 0.6) is 0 Å². The highest BCUT2D eigenvalue weighted by atomic mass is 14.1. The summed E-state index contributed by atoms with van der Waals surface area (Å²) in [7, 11) is 0. The molecule has 18 heavy (non-hydrogen) atoms. The Morgan fingerprint density at radius 2 is 1.83 bits per heavy atom. The first-order chi connectivity index (χ1) is 8.76. The van der Waals surface area contributed by atoms with E-state index in [4.69, 9.17) is 0 Å². The van der Waals surface area contributed by atoms with Crippen molar-refractivity contribution in [1.82, 2.24) is 0 Å². The molecule has 0 radical (unpaired) electrons. The quantitative estimate of drug-likeness (QED) is 0.625. The lowest BCUT2D eigenvalue weighted by molar-refractivity contribution is 1.14. The van der Waals surface area contributed by atoms with Crippen molar-refractivity contribution in [3.63, 3.8) is 0 Å². The Labute approximate surface area is 111 Å². The highest BCUT2D eigenvalue weighted by Gasteiger charge is 2.02. The number of aryl methyl sites for hydroxylation is 2. The van der Waals surface area contributed by atoms with Gasteiger partial charge in [-0.2, -0.15) is 0 Å². The van der Waals surface area contributed by atoms with Crippen LogP contribution in [-0.4, -0.2) is 0 Å². The van der Waals surface area contributed by atoms with Gasteiger partial charge in [-0.25, -0.2) is 0 Å². The highest BCUT2D eigenvalue weighted by molar-refractivity contribution is 5.88. The summed E-state index contributed by atoms with van der Waals surface area (Å²) in [6.07, 6.45) is 5.39. The van der Waals surface area contributed by atoms with Gasteiger partial charge in [-0.05, 0) is 53.8 Å². The van der Waals surface area contributed by atoms with E-state index in [-0.39, 0.29) is 0 Å². The Hall–Kier alpha value is -1.56. The third-order valence-electron chi connectivity index (χ3n) is 3.09. The van der Waals surface area contributed by atoms with Crippen LogP contribution in [0.1, 0.15) is 44.4 Å². The summed E-state index contributed by atoms with van der Waals surface area (Å²) < 4.78 is 0. The number of fused-ring (bicyclic) bond motifs is 1. The molecular formula is C18H24. The van der Waals surface area contributed by atoms with E-state index < -0.39 is 0 Å². The third kappa shape index (κ3) is 3.01. The zero-order valence-electron chi connectivity index (χ0n) is 12.2. The van der Waals surface area contributed by atoms with E-state index in [2.05, 4.69) is 63.3 Å². The van der Waals surface area contributed by atoms with Crippen LogP contribution in [0.25, 0.3) is 16.8 Å². The molecule has 0 saturated carbocycles. The summed E-state index contributed by atoms with van der Waals surface area (Å²) in [6.45, 7) is 10.5. The monoisotopic (exact) mass is 240 g/mol. The van der Waals surface area contributed by atoms with Crippen LogP contribution >= 0.6 is 0 Å². The lowest BCUT2D eigenvalue weighted by Gasteiger charge is -2.08. The molecule has 0 heterocycles. The molecule has 2 aromatic rings. The number of hydrogen-bond donors (Lipinski definition) is 0. The Balaban J connectivity index is 0.000000771. The van der Waals surface area contributed by atoms with Crippen molar-refractivity contribution in [3.8, 4) is 0 Å². The van der Waals surface area contributed by atoms with Gasteiger partial charge in [0.2, 0.25) is 0 Å². The van der Waals surface area contributed by atoms with Gasteiger partial charge in [-0.3, -0.25) is 0 Å². The molecule has 0 nitrogen and oxygen atoms in total. The van der Waals surface area contributed by atoms with Gasteiger partial charge in [0.1, 0.15) is 0 Å². The second-order valence-corrected chi connectivity index (χ2v) is 4.20.